The van der Waals surface area contributed by atoms with Gasteiger partial charge in [-0.05, 0) is 19.1 Å². The molecule has 7 heteroatoms. The molecule has 0 bridgehead atoms. The van der Waals surface area contributed by atoms with Crippen molar-refractivity contribution < 1.29 is 8.42 Å². The van der Waals surface area contributed by atoms with Crippen LogP contribution in [0.1, 0.15) is 5.69 Å². The van der Waals surface area contributed by atoms with Crippen LogP contribution in [0.2, 0.25) is 0 Å². The van der Waals surface area contributed by atoms with Crippen LogP contribution in [0.25, 0.3) is 11.3 Å². The Morgan fingerprint density at radius 3 is 2.61 bits per heavy atom. The van der Waals surface area contributed by atoms with Gasteiger partial charge in [0.1, 0.15) is 5.82 Å². The molecule has 0 radical (unpaired) electrons. The molecule has 0 aliphatic heterocycles. The molecule has 0 amide bonds. The molecule has 0 saturated heterocycles. The number of nitrogen functional groups attached to an aromatic ring is 1. The molecule has 0 aliphatic rings. The molecular formula is C11H12N4O2S. The molecule has 1 heterocycles. The lowest BCUT2D eigenvalue weighted by Gasteiger charge is -2.05. The zero-order chi connectivity index (χ0) is 13.3. The Labute approximate surface area is 105 Å². The molecule has 1 aromatic heterocycles. The summed E-state index contributed by atoms with van der Waals surface area (Å²) in [6, 6.07) is 6.21. The van der Waals surface area contributed by atoms with Gasteiger partial charge >= 0.3 is 0 Å². The normalized spacial score (nSPS) is 11.4. The number of rotatable bonds is 2. The molecule has 94 valence electrons. The van der Waals surface area contributed by atoms with Crippen molar-refractivity contribution in [1.82, 2.24) is 9.97 Å². The Morgan fingerprint density at radius 2 is 2.00 bits per heavy atom. The summed E-state index contributed by atoms with van der Waals surface area (Å²) in [6.45, 7) is 1.73. The fraction of sp³-hybridized carbons (Fsp3) is 0.0909. The average molecular weight is 264 g/mol. The van der Waals surface area contributed by atoms with Gasteiger partial charge in [-0.1, -0.05) is 12.1 Å². The van der Waals surface area contributed by atoms with Gasteiger partial charge in [-0.15, -0.1) is 0 Å². The first-order valence-corrected chi connectivity index (χ1v) is 6.65. The third kappa shape index (κ3) is 2.47. The highest BCUT2D eigenvalue weighted by molar-refractivity contribution is 7.89. The summed E-state index contributed by atoms with van der Waals surface area (Å²) >= 11 is 0. The average Bonchev–Trinajstić information content (AvgIpc) is 2.32. The molecule has 0 spiro atoms. The van der Waals surface area contributed by atoms with E-state index in [1.165, 1.54) is 18.3 Å². The van der Waals surface area contributed by atoms with Crippen molar-refractivity contribution in [2.75, 3.05) is 5.73 Å². The van der Waals surface area contributed by atoms with Gasteiger partial charge in [-0.3, -0.25) is 0 Å². The van der Waals surface area contributed by atoms with E-state index >= 15 is 0 Å². The van der Waals surface area contributed by atoms with Crippen molar-refractivity contribution in [3.63, 3.8) is 0 Å². The van der Waals surface area contributed by atoms with Gasteiger partial charge in [0.05, 0.1) is 22.5 Å². The van der Waals surface area contributed by atoms with Crippen LogP contribution in [0.4, 0.5) is 5.82 Å². The molecule has 18 heavy (non-hydrogen) atoms. The minimum atomic E-state index is -3.72. The van der Waals surface area contributed by atoms with Crippen molar-refractivity contribution in [2.45, 2.75) is 11.8 Å². The summed E-state index contributed by atoms with van der Waals surface area (Å²) in [5.41, 5.74) is 7.34. The maximum Gasteiger partial charge on any atom is 0.238 e. The van der Waals surface area contributed by atoms with Crippen molar-refractivity contribution in [3.05, 3.63) is 36.2 Å². The Kier molecular flexibility index (Phi) is 3.02. The number of primary sulfonamides is 1. The lowest BCUT2D eigenvalue weighted by atomic mass is 10.1. The standard InChI is InChI=1S/C11H12N4O2S/c1-7-11(12)14-6-10(15-7)8-3-2-4-9(5-8)18(13,16)17/h2-6H,1H3,(H2,12,14)(H2,13,16,17). The Morgan fingerprint density at radius 1 is 1.28 bits per heavy atom. The number of nitrogens with zero attached hydrogens (tertiary/aromatic N) is 2. The maximum atomic E-state index is 11.3. The van der Waals surface area contributed by atoms with Crippen LogP contribution in [0.15, 0.2) is 35.4 Å². The van der Waals surface area contributed by atoms with Gasteiger partial charge in [0.15, 0.2) is 0 Å². The van der Waals surface area contributed by atoms with E-state index in [0.717, 1.165) is 0 Å². The first-order valence-electron chi connectivity index (χ1n) is 5.10. The number of aryl methyl sites for hydroxylation is 1. The molecule has 0 aliphatic carbocycles. The molecule has 0 unspecified atom stereocenters. The molecular weight excluding hydrogens is 252 g/mol. The smallest absolute Gasteiger partial charge is 0.238 e. The lowest BCUT2D eigenvalue weighted by molar-refractivity contribution is 0.598. The Balaban J connectivity index is 2.55. The van der Waals surface area contributed by atoms with Gasteiger partial charge < -0.3 is 5.73 Å². The Hall–Kier alpha value is -1.99. The number of hydrogen-bond acceptors (Lipinski definition) is 5. The van der Waals surface area contributed by atoms with Crippen molar-refractivity contribution in [1.29, 1.82) is 0 Å². The molecule has 4 N–H and O–H groups in total. The second-order valence-electron chi connectivity index (χ2n) is 3.80. The molecule has 0 atom stereocenters. The second kappa shape index (κ2) is 4.35. The van der Waals surface area contributed by atoms with Crippen molar-refractivity contribution in [3.8, 4) is 11.3 Å². The monoisotopic (exact) mass is 264 g/mol. The molecule has 1 aromatic carbocycles. The van der Waals surface area contributed by atoms with E-state index in [1.54, 1.807) is 19.1 Å². The highest BCUT2D eigenvalue weighted by Gasteiger charge is 2.10. The van der Waals surface area contributed by atoms with Crippen LogP contribution in [0.5, 0.6) is 0 Å². The topological polar surface area (TPSA) is 112 Å². The minimum absolute atomic E-state index is 0.0382. The molecule has 2 rings (SSSR count). The van der Waals surface area contributed by atoms with Crippen molar-refractivity contribution >= 4 is 15.8 Å². The fourth-order valence-electron chi connectivity index (χ4n) is 1.46. The van der Waals surface area contributed by atoms with E-state index in [4.69, 9.17) is 10.9 Å². The zero-order valence-electron chi connectivity index (χ0n) is 9.66. The predicted molar refractivity (Wildman–Crippen MR) is 68.0 cm³/mol. The molecule has 6 nitrogen and oxygen atoms in total. The SMILES string of the molecule is Cc1nc(-c2cccc(S(N)(=O)=O)c2)cnc1N. The predicted octanol–water partition coefficient (Wildman–Crippen LogP) is 0.682. The molecule has 2 aromatic rings. The van der Waals surface area contributed by atoms with Crippen LogP contribution < -0.4 is 10.9 Å². The second-order valence-corrected chi connectivity index (χ2v) is 5.36. The summed E-state index contributed by atoms with van der Waals surface area (Å²) in [6.07, 6.45) is 1.49. The van der Waals surface area contributed by atoms with Crippen molar-refractivity contribution in [2.24, 2.45) is 5.14 Å². The number of nitrogens with two attached hydrogens (primary N) is 2. The quantitative estimate of drug-likeness (QED) is 0.828. The molecule has 0 fully saturated rings. The van der Waals surface area contributed by atoms with Crippen LogP contribution in [-0.4, -0.2) is 18.4 Å². The van der Waals surface area contributed by atoms with Crippen LogP contribution in [-0.2, 0) is 10.0 Å². The number of benzene rings is 1. The fourth-order valence-corrected chi connectivity index (χ4v) is 2.02. The first kappa shape index (κ1) is 12.5. The zero-order valence-corrected chi connectivity index (χ0v) is 10.5. The van der Waals surface area contributed by atoms with E-state index in [-0.39, 0.29) is 4.90 Å². The number of aromatic nitrogens is 2. The van der Waals surface area contributed by atoms with Gasteiger partial charge in [0, 0.05) is 5.56 Å². The van der Waals surface area contributed by atoms with E-state index in [1.807, 2.05) is 0 Å². The number of hydrogen-bond donors (Lipinski definition) is 2. The highest BCUT2D eigenvalue weighted by Crippen LogP contribution is 2.20. The molecule has 0 saturated carbocycles. The maximum absolute atomic E-state index is 11.3. The van der Waals surface area contributed by atoms with E-state index < -0.39 is 10.0 Å². The van der Waals surface area contributed by atoms with Gasteiger partial charge in [0.2, 0.25) is 10.0 Å². The largest absolute Gasteiger partial charge is 0.382 e. The van der Waals surface area contributed by atoms with E-state index in [9.17, 15) is 8.42 Å². The third-order valence-electron chi connectivity index (χ3n) is 2.44. The van der Waals surface area contributed by atoms with Gasteiger partial charge in [-0.2, -0.15) is 0 Å². The minimum Gasteiger partial charge on any atom is -0.382 e. The lowest BCUT2D eigenvalue weighted by Crippen LogP contribution is -2.12. The van der Waals surface area contributed by atoms with E-state index in [2.05, 4.69) is 9.97 Å². The van der Waals surface area contributed by atoms with Crippen LogP contribution >= 0.6 is 0 Å². The Bertz CT molecular complexity index is 698. The van der Waals surface area contributed by atoms with Crippen LogP contribution in [0, 0.1) is 6.92 Å². The summed E-state index contributed by atoms with van der Waals surface area (Å²) in [5.74, 6) is 0.348. The summed E-state index contributed by atoms with van der Waals surface area (Å²) in [4.78, 5) is 8.26. The third-order valence-corrected chi connectivity index (χ3v) is 3.35. The van der Waals surface area contributed by atoms with E-state index in [0.29, 0.717) is 22.8 Å². The van der Waals surface area contributed by atoms with Gasteiger partial charge in [-0.25, -0.2) is 23.5 Å². The highest BCUT2D eigenvalue weighted by atomic mass is 32.2. The van der Waals surface area contributed by atoms with Crippen LogP contribution in [0.3, 0.4) is 0 Å². The summed E-state index contributed by atoms with van der Waals surface area (Å²) < 4.78 is 22.5. The summed E-state index contributed by atoms with van der Waals surface area (Å²) in [7, 11) is -3.72. The number of anilines is 1. The van der Waals surface area contributed by atoms with Gasteiger partial charge in [0.25, 0.3) is 0 Å². The summed E-state index contributed by atoms with van der Waals surface area (Å²) in [5, 5.41) is 5.07. The number of sulfonamides is 1. The first-order chi connectivity index (χ1) is 8.38.